The number of carbonyl (C=O) groups excluding carboxylic acids is 1. The van der Waals surface area contributed by atoms with E-state index < -0.39 is 0 Å². The van der Waals surface area contributed by atoms with Gasteiger partial charge in [-0.1, -0.05) is 31.2 Å². The van der Waals surface area contributed by atoms with Gasteiger partial charge in [0.1, 0.15) is 12.5 Å². The maximum atomic E-state index is 11.8. The Labute approximate surface area is 138 Å². The molecule has 3 nitrogen and oxygen atoms in total. The summed E-state index contributed by atoms with van der Waals surface area (Å²) in [6, 6.07) is 0. The molecule has 0 aromatic carbocycles. The molecule has 3 aliphatic rings. The van der Waals surface area contributed by atoms with E-state index >= 15 is 0 Å². The molecule has 0 amide bonds. The van der Waals surface area contributed by atoms with Crippen LogP contribution >= 0.6 is 0 Å². The van der Waals surface area contributed by atoms with Crippen LogP contribution in [0.25, 0.3) is 0 Å². The van der Waals surface area contributed by atoms with Gasteiger partial charge in [-0.25, -0.2) is 0 Å². The molecule has 5 unspecified atom stereocenters. The molecule has 4 rings (SSSR count). The van der Waals surface area contributed by atoms with Crippen LogP contribution in [0.5, 0.6) is 0 Å². The third-order valence-corrected chi connectivity index (χ3v) is 7.74. The molecule has 0 spiro atoms. The summed E-state index contributed by atoms with van der Waals surface area (Å²) >= 11 is 0. The first kappa shape index (κ1) is 15.2. The number of hydrogen-bond donors (Lipinski definition) is 0. The first-order chi connectivity index (χ1) is 11.0. The lowest BCUT2D eigenvalue weighted by atomic mass is 9.53. The highest BCUT2D eigenvalue weighted by Crippen LogP contribution is 2.60. The van der Waals surface area contributed by atoms with Crippen molar-refractivity contribution >= 4 is 6.29 Å². The summed E-state index contributed by atoms with van der Waals surface area (Å²) in [6.07, 6.45) is 10.8. The van der Waals surface area contributed by atoms with Crippen LogP contribution in [-0.4, -0.2) is 11.4 Å². The molecule has 0 radical (unpaired) electrons. The van der Waals surface area contributed by atoms with Gasteiger partial charge in [0.15, 0.2) is 0 Å². The zero-order valence-electron chi connectivity index (χ0n) is 14.3. The third-order valence-electron chi connectivity index (χ3n) is 7.74. The zero-order valence-corrected chi connectivity index (χ0v) is 14.3. The van der Waals surface area contributed by atoms with E-state index in [1.165, 1.54) is 49.5 Å². The van der Waals surface area contributed by atoms with Gasteiger partial charge in [0.2, 0.25) is 0 Å². The van der Waals surface area contributed by atoms with Crippen molar-refractivity contribution in [2.24, 2.45) is 28.6 Å². The predicted octanol–water partition coefficient (Wildman–Crippen LogP) is 4.37. The van der Waals surface area contributed by atoms with Crippen LogP contribution in [0.3, 0.4) is 0 Å². The van der Waals surface area contributed by atoms with E-state index in [2.05, 4.69) is 25.6 Å². The number of fused-ring (bicyclic) bond motifs is 2. The molecule has 3 heteroatoms. The quantitative estimate of drug-likeness (QED) is 0.601. The Balaban J connectivity index is 1.62. The van der Waals surface area contributed by atoms with E-state index in [-0.39, 0.29) is 11.3 Å². The number of carbonyl (C=O) groups is 1. The molecule has 1 aromatic rings. The largest absolute Gasteiger partial charge is 0.364 e. The van der Waals surface area contributed by atoms with E-state index in [1.54, 1.807) is 6.26 Å². The van der Waals surface area contributed by atoms with Gasteiger partial charge >= 0.3 is 0 Å². The second kappa shape index (κ2) is 5.06. The van der Waals surface area contributed by atoms with E-state index in [1.807, 2.05) is 0 Å². The Morgan fingerprint density at radius 3 is 2.96 bits per heavy atom. The van der Waals surface area contributed by atoms with Gasteiger partial charge in [0.25, 0.3) is 0 Å². The van der Waals surface area contributed by atoms with E-state index in [0.717, 1.165) is 24.5 Å². The summed E-state index contributed by atoms with van der Waals surface area (Å²) in [5, 5.41) is 4.09. The van der Waals surface area contributed by atoms with Gasteiger partial charge in [0, 0.05) is 17.9 Å². The summed E-state index contributed by atoms with van der Waals surface area (Å²) in [4.78, 5) is 11.8. The molecule has 0 bridgehead atoms. The van der Waals surface area contributed by atoms with Crippen molar-refractivity contribution in [2.45, 2.75) is 58.8 Å². The summed E-state index contributed by atoms with van der Waals surface area (Å²) in [5.41, 5.74) is 4.07. The van der Waals surface area contributed by atoms with Crippen LogP contribution in [0.4, 0.5) is 0 Å². The number of allylic oxidation sites excluding steroid dienone is 1. The molecule has 0 N–H and O–H groups in total. The number of aldehydes is 1. The van der Waals surface area contributed by atoms with E-state index in [9.17, 15) is 4.79 Å². The van der Waals surface area contributed by atoms with Gasteiger partial charge < -0.3 is 9.32 Å². The first-order valence-corrected chi connectivity index (χ1v) is 9.03. The van der Waals surface area contributed by atoms with Gasteiger partial charge in [-0.3, -0.25) is 0 Å². The molecule has 5 atom stereocenters. The Kier molecular flexibility index (Phi) is 3.33. The minimum atomic E-state index is 0.0472. The van der Waals surface area contributed by atoms with Crippen LogP contribution in [0.2, 0.25) is 0 Å². The van der Waals surface area contributed by atoms with Crippen molar-refractivity contribution in [1.29, 1.82) is 0 Å². The van der Waals surface area contributed by atoms with Crippen LogP contribution in [-0.2, 0) is 17.6 Å². The summed E-state index contributed by atoms with van der Waals surface area (Å²) in [5.74, 6) is 1.44. The van der Waals surface area contributed by atoms with E-state index in [4.69, 9.17) is 4.52 Å². The molecule has 0 saturated heterocycles. The fraction of sp³-hybridized carbons (Fsp3) is 0.700. The summed E-state index contributed by atoms with van der Waals surface area (Å²) in [7, 11) is 0. The van der Waals surface area contributed by atoms with Crippen molar-refractivity contribution in [3.05, 3.63) is 29.7 Å². The average Bonchev–Trinajstić information content (AvgIpc) is 3.10. The number of nitrogens with zero attached hydrogens (tertiary/aromatic N) is 1. The Morgan fingerprint density at radius 2 is 2.17 bits per heavy atom. The number of hydrogen-bond acceptors (Lipinski definition) is 3. The number of aromatic nitrogens is 1. The first-order valence-electron chi connectivity index (χ1n) is 9.03. The van der Waals surface area contributed by atoms with Crippen molar-refractivity contribution in [1.82, 2.24) is 5.16 Å². The smallest absolute Gasteiger partial charge is 0.127 e. The molecule has 23 heavy (non-hydrogen) atoms. The highest BCUT2D eigenvalue weighted by molar-refractivity contribution is 5.57. The van der Waals surface area contributed by atoms with E-state index in [0.29, 0.717) is 11.3 Å². The summed E-state index contributed by atoms with van der Waals surface area (Å²) in [6.45, 7) is 9.09. The predicted molar refractivity (Wildman–Crippen MR) is 88.9 cm³/mol. The fourth-order valence-corrected chi connectivity index (χ4v) is 5.76. The zero-order chi connectivity index (χ0) is 16.2. The molecule has 1 heterocycles. The van der Waals surface area contributed by atoms with Crippen LogP contribution in [0.15, 0.2) is 22.9 Å². The van der Waals surface area contributed by atoms with Crippen LogP contribution in [0.1, 0.15) is 57.2 Å². The molecule has 3 aliphatic carbocycles. The third kappa shape index (κ3) is 2.08. The molecule has 2 fully saturated rings. The minimum absolute atomic E-state index is 0.0472. The van der Waals surface area contributed by atoms with Crippen molar-refractivity contribution in [3.63, 3.8) is 0 Å². The highest BCUT2D eigenvalue weighted by atomic mass is 16.5. The van der Waals surface area contributed by atoms with Gasteiger partial charge in [-0.05, 0) is 61.2 Å². The second-order valence-electron chi connectivity index (χ2n) is 8.64. The minimum Gasteiger partial charge on any atom is -0.364 e. The molecular formula is C20H27NO2. The van der Waals surface area contributed by atoms with Crippen LogP contribution < -0.4 is 0 Å². The molecule has 1 aromatic heterocycles. The summed E-state index contributed by atoms with van der Waals surface area (Å²) < 4.78 is 5.16. The maximum Gasteiger partial charge on any atom is 0.127 e. The molecule has 124 valence electrons. The molecule has 2 saturated carbocycles. The SMILES string of the molecule is C=C1CCC2CC(C3(C)Cc4conc4CC3C=O)CCC12C. The van der Waals surface area contributed by atoms with Gasteiger partial charge in [-0.2, -0.15) is 0 Å². The second-order valence-corrected chi connectivity index (χ2v) is 8.64. The standard InChI is InChI=1S/C20H27NO2/c1-13-4-5-15-8-16(6-7-19(13,15)2)20(3)10-14-12-23-21-18(14)9-17(20)11-22/h11-12,15-17H,1,4-10H2,2-3H3. The topological polar surface area (TPSA) is 43.1 Å². The monoisotopic (exact) mass is 313 g/mol. The van der Waals surface area contributed by atoms with Crippen LogP contribution in [0, 0.1) is 28.6 Å². The Morgan fingerprint density at radius 1 is 1.35 bits per heavy atom. The molecular weight excluding hydrogens is 286 g/mol. The lowest BCUT2D eigenvalue weighted by molar-refractivity contribution is -0.118. The Hall–Kier alpha value is -1.38. The average molecular weight is 313 g/mol. The normalized spacial score (nSPS) is 43.0. The van der Waals surface area contributed by atoms with Gasteiger partial charge in [-0.15, -0.1) is 0 Å². The maximum absolute atomic E-state index is 11.8. The van der Waals surface area contributed by atoms with Crippen molar-refractivity contribution in [3.8, 4) is 0 Å². The highest BCUT2D eigenvalue weighted by Gasteiger charge is 2.52. The van der Waals surface area contributed by atoms with Gasteiger partial charge in [0.05, 0.1) is 5.69 Å². The Bertz CT molecular complexity index is 648. The van der Waals surface area contributed by atoms with Crippen molar-refractivity contribution in [2.75, 3.05) is 0 Å². The number of rotatable bonds is 2. The fourth-order valence-electron chi connectivity index (χ4n) is 5.76. The van der Waals surface area contributed by atoms with Crippen molar-refractivity contribution < 1.29 is 9.32 Å². The molecule has 0 aliphatic heterocycles. The lowest BCUT2D eigenvalue weighted by Crippen LogP contribution is -2.46. The lowest BCUT2D eigenvalue weighted by Gasteiger charge is -2.50.